The van der Waals surface area contributed by atoms with Crippen molar-refractivity contribution in [1.29, 1.82) is 0 Å². The van der Waals surface area contributed by atoms with Gasteiger partial charge in [0.1, 0.15) is 0 Å². The molecule has 1 aliphatic heterocycles. The lowest BCUT2D eigenvalue weighted by molar-refractivity contribution is 0.312. The Kier molecular flexibility index (Phi) is 2.32. The van der Waals surface area contributed by atoms with Crippen LogP contribution in [0.15, 0.2) is 0 Å². The Bertz CT molecular complexity index is 386. The Morgan fingerprint density at radius 2 is 2.25 bits per heavy atom. The molecule has 1 aromatic heterocycles. The fraction of sp³-hybridized carbons (Fsp3) is 0.769. The molecule has 1 atom stereocenters. The Morgan fingerprint density at radius 1 is 1.38 bits per heavy atom. The van der Waals surface area contributed by atoms with Crippen molar-refractivity contribution >= 4 is 0 Å². The van der Waals surface area contributed by atoms with Crippen molar-refractivity contribution in [1.82, 2.24) is 15.5 Å². The molecule has 0 amide bonds. The van der Waals surface area contributed by atoms with Gasteiger partial charge in [0.2, 0.25) is 0 Å². The molecule has 3 rings (SSSR count). The number of rotatable bonds is 1. The van der Waals surface area contributed by atoms with Crippen molar-refractivity contribution in [3.63, 3.8) is 0 Å². The molecule has 1 saturated heterocycles. The van der Waals surface area contributed by atoms with Crippen LogP contribution in [0.25, 0.3) is 0 Å². The first-order valence-corrected chi connectivity index (χ1v) is 6.42. The van der Waals surface area contributed by atoms with Crippen LogP contribution >= 0.6 is 0 Å². The Hall–Kier alpha value is -0.830. The molecule has 16 heavy (non-hydrogen) atoms. The zero-order valence-electron chi connectivity index (χ0n) is 10.3. The number of H-pyrrole nitrogens is 1. The third-order valence-corrected chi connectivity index (χ3v) is 4.14. The monoisotopic (exact) mass is 219 g/mol. The van der Waals surface area contributed by atoms with Crippen LogP contribution in [0.4, 0.5) is 0 Å². The Labute approximate surface area is 97.0 Å². The van der Waals surface area contributed by atoms with Crippen LogP contribution in [0, 0.1) is 5.41 Å². The predicted molar refractivity (Wildman–Crippen MR) is 64.6 cm³/mol. The molecule has 3 heteroatoms. The topological polar surface area (TPSA) is 40.7 Å². The van der Waals surface area contributed by atoms with Gasteiger partial charge in [0.15, 0.2) is 0 Å². The van der Waals surface area contributed by atoms with Gasteiger partial charge in [-0.1, -0.05) is 13.8 Å². The number of nitrogens with zero attached hydrogens (tertiary/aromatic N) is 1. The van der Waals surface area contributed by atoms with Gasteiger partial charge in [-0.05, 0) is 43.2 Å². The van der Waals surface area contributed by atoms with Gasteiger partial charge in [0.05, 0.1) is 5.69 Å². The summed E-state index contributed by atoms with van der Waals surface area (Å²) in [5.74, 6) is 0.647. The summed E-state index contributed by atoms with van der Waals surface area (Å²) in [6, 6.07) is 0. The number of nitrogens with one attached hydrogen (secondary N) is 2. The molecular weight excluding hydrogens is 198 g/mol. The molecule has 88 valence electrons. The van der Waals surface area contributed by atoms with Crippen LogP contribution in [0.5, 0.6) is 0 Å². The van der Waals surface area contributed by atoms with Crippen molar-refractivity contribution in [3.8, 4) is 0 Å². The largest absolute Gasteiger partial charge is 0.316 e. The molecule has 0 radical (unpaired) electrons. The third-order valence-electron chi connectivity index (χ3n) is 4.14. The van der Waals surface area contributed by atoms with E-state index >= 15 is 0 Å². The molecule has 2 aliphatic rings. The first-order chi connectivity index (χ1) is 7.66. The number of fused-ring (bicyclic) bond motifs is 1. The maximum Gasteiger partial charge on any atom is 0.0701 e. The van der Waals surface area contributed by atoms with E-state index in [9.17, 15) is 0 Å². The number of hydrogen-bond acceptors (Lipinski definition) is 2. The van der Waals surface area contributed by atoms with Crippen LogP contribution in [0.3, 0.4) is 0 Å². The summed E-state index contributed by atoms with van der Waals surface area (Å²) in [6.07, 6.45) is 4.91. The fourth-order valence-electron chi connectivity index (χ4n) is 3.08. The van der Waals surface area contributed by atoms with E-state index in [2.05, 4.69) is 29.4 Å². The molecule has 1 unspecified atom stereocenters. The summed E-state index contributed by atoms with van der Waals surface area (Å²) in [5, 5.41) is 11.3. The molecule has 0 spiro atoms. The standard InChI is InChI=1S/C13H21N3/c1-13(2)5-3-11-10(7-13)12(16-15-11)9-4-6-14-8-9/h9,14H,3-8H2,1-2H3,(H,15,16). The number of aromatic amines is 1. The maximum absolute atomic E-state index is 4.58. The Balaban J connectivity index is 1.93. The Morgan fingerprint density at radius 3 is 3.00 bits per heavy atom. The lowest BCUT2D eigenvalue weighted by atomic mass is 9.75. The van der Waals surface area contributed by atoms with E-state index < -0.39 is 0 Å². The van der Waals surface area contributed by atoms with Crippen molar-refractivity contribution in [2.75, 3.05) is 13.1 Å². The number of hydrogen-bond donors (Lipinski definition) is 2. The summed E-state index contributed by atoms with van der Waals surface area (Å²) in [7, 11) is 0. The molecule has 2 heterocycles. The first-order valence-electron chi connectivity index (χ1n) is 6.42. The molecular formula is C13H21N3. The number of aryl methyl sites for hydroxylation is 1. The van der Waals surface area contributed by atoms with E-state index in [0.717, 1.165) is 13.1 Å². The molecule has 1 aromatic rings. The van der Waals surface area contributed by atoms with Crippen molar-refractivity contribution in [3.05, 3.63) is 17.0 Å². The minimum atomic E-state index is 0.456. The lowest BCUT2D eigenvalue weighted by Gasteiger charge is -2.29. The lowest BCUT2D eigenvalue weighted by Crippen LogP contribution is -2.23. The molecule has 1 fully saturated rings. The highest BCUT2D eigenvalue weighted by Crippen LogP contribution is 2.37. The molecule has 0 saturated carbocycles. The second-order valence-corrected chi connectivity index (χ2v) is 6.10. The van der Waals surface area contributed by atoms with Gasteiger partial charge in [-0.2, -0.15) is 5.10 Å². The van der Waals surface area contributed by atoms with Crippen molar-refractivity contribution in [2.45, 2.75) is 45.4 Å². The van der Waals surface area contributed by atoms with Crippen LogP contribution < -0.4 is 5.32 Å². The van der Waals surface area contributed by atoms with Gasteiger partial charge in [-0.3, -0.25) is 5.10 Å². The van der Waals surface area contributed by atoms with E-state index in [1.165, 1.54) is 42.6 Å². The molecule has 0 aromatic carbocycles. The van der Waals surface area contributed by atoms with E-state index in [1.54, 1.807) is 0 Å². The summed E-state index contributed by atoms with van der Waals surface area (Å²) in [5.41, 5.74) is 4.75. The van der Waals surface area contributed by atoms with E-state index in [0.29, 0.717) is 11.3 Å². The minimum absolute atomic E-state index is 0.456. The highest BCUT2D eigenvalue weighted by atomic mass is 15.1. The highest BCUT2D eigenvalue weighted by Gasteiger charge is 2.31. The quantitative estimate of drug-likeness (QED) is 0.758. The number of aromatic nitrogens is 2. The second kappa shape index (κ2) is 3.59. The van der Waals surface area contributed by atoms with Gasteiger partial charge in [0.25, 0.3) is 0 Å². The summed E-state index contributed by atoms with van der Waals surface area (Å²) < 4.78 is 0. The predicted octanol–water partition coefficient (Wildman–Crippen LogP) is 2.00. The zero-order valence-corrected chi connectivity index (χ0v) is 10.3. The minimum Gasteiger partial charge on any atom is -0.316 e. The van der Waals surface area contributed by atoms with Gasteiger partial charge in [-0.25, -0.2) is 0 Å². The fourth-order valence-corrected chi connectivity index (χ4v) is 3.08. The van der Waals surface area contributed by atoms with Crippen LogP contribution in [-0.2, 0) is 12.8 Å². The van der Waals surface area contributed by atoms with Gasteiger partial charge < -0.3 is 5.32 Å². The molecule has 0 bridgehead atoms. The van der Waals surface area contributed by atoms with Crippen LogP contribution in [0.1, 0.15) is 49.6 Å². The van der Waals surface area contributed by atoms with Crippen LogP contribution in [-0.4, -0.2) is 23.3 Å². The highest BCUT2D eigenvalue weighted by molar-refractivity contribution is 5.32. The van der Waals surface area contributed by atoms with E-state index in [4.69, 9.17) is 0 Å². The van der Waals surface area contributed by atoms with Crippen molar-refractivity contribution < 1.29 is 0 Å². The average Bonchev–Trinajstić information content (AvgIpc) is 2.82. The van der Waals surface area contributed by atoms with Crippen LogP contribution in [0.2, 0.25) is 0 Å². The van der Waals surface area contributed by atoms with E-state index in [1.807, 2.05) is 0 Å². The summed E-state index contributed by atoms with van der Waals surface area (Å²) in [6.45, 7) is 7.01. The zero-order chi connectivity index (χ0) is 11.2. The summed E-state index contributed by atoms with van der Waals surface area (Å²) >= 11 is 0. The second-order valence-electron chi connectivity index (χ2n) is 6.10. The molecule has 2 N–H and O–H groups in total. The smallest absolute Gasteiger partial charge is 0.0701 e. The van der Waals surface area contributed by atoms with Gasteiger partial charge >= 0.3 is 0 Å². The SMILES string of the molecule is CC1(C)CCc2[nH]nc(C3CCNC3)c2C1. The molecule has 1 aliphatic carbocycles. The van der Waals surface area contributed by atoms with Gasteiger partial charge in [-0.15, -0.1) is 0 Å². The van der Waals surface area contributed by atoms with Crippen molar-refractivity contribution in [2.24, 2.45) is 5.41 Å². The average molecular weight is 219 g/mol. The third kappa shape index (κ3) is 1.67. The molecule has 3 nitrogen and oxygen atoms in total. The summed E-state index contributed by atoms with van der Waals surface area (Å²) in [4.78, 5) is 0. The van der Waals surface area contributed by atoms with Gasteiger partial charge in [0, 0.05) is 18.2 Å². The van der Waals surface area contributed by atoms with E-state index in [-0.39, 0.29) is 0 Å². The normalized spacial score (nSPS) is 28.0. The first kappa shape index (κ1) is 10.3. The maximum atomic E-state index is 4.58.